The van der Waals surface area contributed by atoms with Crippen molar-refractivity contribution in [3.8, 4) is 11.3 Å². The number of rotatable bonds is 5. The van der Waals surface area contributed by atoms with Crippen LogP contribution in [0.25, 0.3) is 11.3 Å². The Morgan fingerprint density at radius 2 is 2.00 bits per heavy atom. The summed E-state index contributed by atoms with van der Waals surface area (Å²) < 4.78 is 5.17. The molecular weight excluding hydrogens is 328 g/mol. The lowest BCUT2D eigenvalue weighted by molar-refractivity contribution is 0.126. The van der Waals surface area contributed by atoms with Crippen LogP contribution in [0.1, 0.15) is 44.2 Å². The van der Waals surface area contributed by atoms with Crippen molar-refractivity contribution in [1.82, 2.24) is 15.1 Å². The highest BCUT2D eigenvalue weighted by Crippen LogP contribution is 2.36. The minimum absolute atomic E-state index is 0.174. The van der Waals surface area contributed by atoms with Crippen LogP contribution in [0.15, 0.2) is 17.0 Å². The normalized spacial score (nSPS) is 24.1. The van der Waals surface area contributed by atoms with Crippen molar-refractivity contribution in [2.75, 3.05) is 5.32 Å². The molecule has 0 radical (unpaired) electrons. The first-order valence-electron chi connectivity index (χ1n) is 8.60. The van der Waals surface area contributed by atoms with Crippen LogP contribution in [0.5, 0.6) is 0 Å². The van der Waals surface area contributed by atoms with Crippen molar-refractivity contribution in [2.24, 2.45) is 5.92 Å². The minimum atomic E-state index is -0.174. The van der Waals surface area contributed by atoms with Crippen LogP contribution < -0.4 is 5.32 Å². The summed E-state index contributed by atoms with van der Waals surface area (Å²) in [6, 6.07) is 0.288. The van der Waals surface area contributed by atoms with Crippen LogP contribution >= 0.6 is 11.6 Å². The third kappa shape index (κ3) is 3.54. The Kier molecular flexibility index (Phi) is 4.41. The van der Waals surface area contributed by atoms with Crippen LogP contribution in [0.2, 0.25) is 5.02 Å². The molecule has 2 aliphatic carbocycles. The summed E-state index contributed by atoms with van der Waals surface area (Å²) in [7, 11) is 0. The van der Waals surface area contributed by atoms with E-state index in [9.17, 15) is 5.11 Å². The van der Waals surface area contributed by atoms with Crippen LogP contribution in [0.4, 0.5) is 5.95 Å². The van der Waals surface area contributed by atoms with Gasteiger partial charge in [0.15, 0.2) is 0 Å². The standard InChI is InChI=1S/C17H21ClN4O2/c18-14-8-19-17(20-11-3-5-12(23)6-4-11)21-16(14)13-9-24-22-15(13)7-10-1-2-10/h8-12,23H,1-7H2,(H,19,20,21)/t11-,12-. The summed E-state index contributed by atoms with van der Waals surface area (Å²) >= 11 is 6.32. The van der Waals surface area contributed by atoms with Gasteiger partial charge in [-0.1, -0.05) is 16.8 Å². The Morgan fingerprint density at radius 3 is 2.75 bits per heavy atom. The summed E-state index contributed by atoms with van der Waals surface area (Å²) in [6.45, 7) is 0. The molecular formula is C17H21ClN4O2. The zero-order valence-electron chi connectivity index (χ0n) is 13.4. The Morgan fingerprint density at radius 1 is 1.21 bits per heavy atom. The first-order valence-corrected chi connectivity index (χ1v) is 8.97. The third-order valence-corrected chi connectivity index (χ3v) is 5.13. The molecule has 6 nitrogen and oxygen atoms in total. The monoisotopic (exact) mass is 348 g/mol. The highest BCUT2D eigenvalue weighted by atomic mass is 35.5. The molecule has 2 saturated carbocycles. The Balaban J connectivity index is 1.54. The number of hydrogen-bond acceptors (Lipinski definition) is 6. The van der Waals surface area contributed by atoms with Crippen molar-refractivity contribution in [2.45, 2.75) is 57.1 Å². The molecule has 0 saturated heterocycles. The molecule has 2 aliphatic rings. The van der Waals surface area contributed by atoms with Gasteiger partial charge >= 0.3 is 0 Å². The number of hydrogen-bond donors (Lipinski definition) is 2. The number of aromatic nitrogens is 3. The minimum Gasteiger partial charge on any atom is -0.393 e. The van der Waals surface area contributed by atoms with Crippen LogP contribution in [0, 0.1) is 5.92 Å². The average molecular weight is 349 g/mol. The van der Waals surface area contributed by atoms with Gasteiger partial charge in [-0.3, -0.25) is 0 Å². The molecule has 0 atom stereocenters. The van der Waals surface area contributed by atoms with Gasteiger partial charge in [-0.05, 0) is 50.9 Å². The molecule has 0 spiro atoms. The van der Waals surface area contributed by atoms with E-state index in [1.807, 2.05) is 0 Å². The maximum atomic E-state index is 9.61. The third-order valence-electron chi connectivity index (χ3n) is 4.85. The predicted molar refractivity (Wildman–Crippen MR) is 90.9 cm³/mol. The van der Waals surface area contributed by atoms with Crippen LogP contribution in [-0.2, 0) is 6.42 Å². The van der Waals surface area contributed by atoms with E-state index in [0.29, 0.717) is 22.6 Å². The highest BCUT2D eigenvalue weighted by Gasteiger charge is 2.26. The fourth-order valence-corrected chi connectivity index (χ4v) is 3.42. The van der Waals surface area contributed by atoms with Gasteiger partial charge in [0.1, 0.15) is 6.26 Å². The van der Waals surface area contributed by atoms with Crippen molar-refractivity contribution >= 4 is 17.5 Å². The van der Waals surface area contributed by atoms with E-state index in [1.54, 1.807) is 12.5 Å². The van der Waals surface area contributed by atoms with Crippen molar-refractivity contribution in [3.05, 3.63) is 23.2 Å². The van der Waals surface area contributed by atoms with Gasteiger partial charge < -0.3 is 14.9 Å². The largest absolute Gasteiger partial charge is 0.393 e. The Bertz CT molecular complexity index is 708. The fourth-order valence-electron chi connectivity index (χ4n) is 3.22. The number of aliphatic hydroxyl groups is 1. The second kappa shape index (κ2) is 6.69. The second-order valence-corrected chi connectivity index (χ2v) is 7.27. The molecule has 0 bridgehead atoms. The van der Waals surface area contributed by atoms with Crippen molar-refractivity contribution < 1.29 is 9.63 Å². The van der Waals surface area contributed by atoms with E-state index >= 15 is 0 Å². The maximum Gasteiger partial charge on any atom is 0.223 e. The predicted octanol–water partition coefficient (Wildman–Crippen LogP) is 3.45. The number of nitrogens with zero attached hydrogens (tertiary/aromatic N) is 3. The van der Waals surface area contributed by atoms with Gasteiger partial charge in [0.05, 0.1) is 34.3 Å². The maximum absolute atomic E-state index is 9.61. The molecule has 2 heterocycles. The summed E-state index contributed by atoms with van der Waals surface area (Å²) in [4.78, 5) is 8.90. The fraction of sp³-hybridized carbons (Fsp3) is 0.588. The summed E-state index contributed by atoms with van der Waals surface area (Å²) in [5.41, 5.74) is 2.45. The summed E-state index contributed by atoms with van der Waals surface area (Å²) in [6.07, 6.45) is 9.95. The molecule has 24 heavy (non-hydrogen) atoms. The Labute approximate surface area is 145 Å². The lowest BCUT2D eigenvalue weighted by atomic mass is 9.93. The lowest BCUT2D eigenvalue weighted by Crippen LogP contribution is -2.28. The Hall–Kier alpha value is -1.66. The van der Waals surface area contributed by atoms with Gasteiger partial charge in [-0.25, -0.2) is 9.97 Å². The van der Waals surface area contributed by atoms with E-state index in [0.717, 1.165) is 43.4 Å². The molecule has 2 aromatic rings. The SMILES string of the molecule is O[C@H]1CC[C@H](Nc2ncc(Cl)c(-c3conc3CC3CC3)n2)CC1. The molecule has 2 fully saturated rings. The molecule has 0 aliphatic heterocycles. The molecule has 0 unspecified atom stereocenters. The molecule has 7 heteroatoms. The molecule has 2 N–H and O–H groups in total. The molecule has 2 aromatic heterocycles. The van der Waals surface area contributed by atoms with Crippen molar-refractivity contribution in [1.29, 1.82) is 0 Å². The number of nitrogens with one attached hydrogen (secondary N) is 1. The number of anilines is 1. The first kappa shape index (κ1) is 15.8. The number of halogens is 1. The van der Waals surface area contributed by atoms with E-state index in [4.69, 9.17) is 16.1 Å². The summed E-state index contributed by atoms with van der Waals surface area (Å²) in [5.74, 6) is 1.27. The lowest BCUT2D eigenvalue weighted by Gasteiger charge is -2.26. The van der Waals surface area contributed by atoms with E-state index in [1.165, 1.54) is 12.8 Å². The zero-order chi connectivity index (χ0) is 16.5. The van der Waals surface area contributed by atoms with E-state index in [-0.39, 0.29) is 12.1 Å². The smallest absolute Gasteiger partial charge is 0.223 e. The van der Waals surface area contributed by atoms with Crippen molar-refractivity contribution in [3.63, 3.8) is 0 Å². The second-order valence-electron chi connectivity index (χ2n) is 6.86. The molecule has 0 aromatic carbocycles. The van der Waals surface area contributed by atoms with E-state index in [2.05, 4.69) is 20.4 Å². The quantitative estimate of drug-likeness (QED) is 0.860. The van der Waals surface area contributed by atoms with E-state index < -0.39 is 0 Å². The molecule has 0 amide bonds. The first-order chi connectivity index (χ1) is 11.7. The average Bonchev–Trinajstić information content (AvgIpc) is 3.28. The molecule has 128 valence electrons. The number of aliphatic hydroxyl groups excluding tert-OH is 1. The summed E-state index contributed by atoms with van der Waals surface area (Å²) in [5, 5.41) is 17.6. The van der Waals surface area contributed by atoms with Crippen LogP contribution in [-0.4, -0.2) is 32.4 Å². The van der Waals surface area contributed by atoms with Gasteiger partial charge in [0, 0.05) is 6.04 Å². The van der Waals surface area contributed by atoms with Gasteiger partial charge in [-0.15, -0.1) is 0 Å². The molecule has 4 rings (SSSR count). The van der Waals surface area contributed by atoms with Gasteiger partial charge in [0.2, 0.25) is 5.95 Å². The highest BCUT2D eigenvalue weighted by molar-refractivity contribution is 6.32. The van der Waals surface area contributed by atoms with Crippen LogP contribution in [0.3, 0.4) is 0 Å². The van der Waals surface area contributed by atoms with Gasteiger partial charge in [0.25, 0.3) is 0 Å². The zero-order valence-corrected chi connectivity index (χ0v) is 14.2. The topological polar surface area (TPSA) is 84.1 Å². The van der Waals surface area contributed by atoms with Gasteiger partial charge in [-0.2, -0.15) is 0 Å².